The Kier molecular flexibility index (Phi) is 3.85. The molecule has 8 nitrogen and oxygen atoms in total. The number of aromatic nitrogens is 6. The van der Waals surface area contributed by atoms with E-state index in [1.807, 2.05) is 0 Å². The van der Waals surface area contributed by atoms with Crippen LogP contribution in [0.15, 0.2) is 64.4 Å². The summed E-state index contributed by atoms with van der Waals surface area (Å²) in [5.41, 5.74) is 0.824. The first-order valence-corrected chi connectivity index (χ1v) is 9.47. The molecule has 0 unspecified atom stereocenters. The van der Waals surface area contributed by atoms with E-state index in [2.05, 4.69) is 36.3 Å². The van der Waals surface area contributed by atoms with Gasteiger partial charge in [-0.2, -0.15) is 4.80 Å². The first kappa shape index (κ1) is 15.9. The second-order valence-electron chi connectivity index (χ2n) is 5.21. The molecule has 0 atom stereocenters. The first-order valence-electron chi connectivity index (χ1n) is 7.23. The number of pyridine rings is 1. The van der Waals surface area contributed by atoms with Crippen LogP contribution in [0.5, 0.6) is 0 Å². The van der Waals surface area contributed by atoms with E-state index in [9.17, 15) is 8.42 Å². The third-order valence-corrected chi connectivity index (χ3v) is 6.10. The van der Waals surface area contributed by atoms with Gasteiger partial charge in [-0.25, -0.2) is 17.4 Å². The largest absolute Gasteiger partial charge is 0.269 e. The smallest absolute Gasteiger partial charge is 0.237 e. The quantitative estimate of drug-likeness (QED) is 0.503. The van der Waals surface area contributed by atoms with Gasteiger partial charge in [0, 0.05) is 16.1 Å². The van der Waals surface area contributed by atoms with E-state index in [1.165, 1.54) is 15.1 Å². The fourth-order valence-electron chi connectivity index (χ4n) is 2.58. The van der Waals surface area contributed by atoms with E-state index in [0.29, 0.717) is 16.7 Å². The maximum absolute atomic E-state index is 13.2. The third-order valence-electron chi connectivity index (χ3n) is 3.66. The van der Waals surface area contributed by atoms with E-state index in [0.717, 1.165) is 4.47 Å². The van der Waals surface area contributed by atoms with Crippen LogP contribution in [0.2, 0.25) is 0 Å². The van der Waals surface area contributed by atoms with Gasteiger partial charge in [0.25, 0.3) is 10.0 Å². The second-order valence-corrected chi connectivity index (χ2v) is 7.86. The summed E-state index contributed by atoms with van der Waals surface area (Å²) >= 11 is 3.45. The van der Waals surface area contributed by atoms with Crippen LogP contribution in [0.1, 0.15) is 5.69 Å². The topological polar surface area (TPSA) is 95.6 Å². The molecule has 0 aliphatic carbocycles. The summed E-state index contributed by atoms with van der Waals surface area (Å²) in [4.78, 5) is 5.77. The van der Waals surface area contributed by atoms with Crippen LogP contribution in [0.3, 0.4) is 0 Å². The van der Waals surface area contributed by atoms with Crippen LogP contribution in [-0.2, 0) is 16.6 Å². The van der Waals surface area contributed by atoms with Gasteiger partial charge in [0.05, 0.1) is 10.6 Å². The molecule has 4 aromatic rings. The van der Waals surface area contributed by atoms with Crippen molar-refractivity contribution < 1.29 is 8.42 Å². The lowest BCUT2D eigenvalue weighted by Crippen LogP contribution is -2.18. The predicted molar refractivity (Wildman–Crippen MR) is 93.4 cm³/mol. The minimum atomic E-state index is -3.83. The molecule has 25 heavy (non-hydrogen) atoms. The molecule has 3 aromatic heterocycles. The van der Waals surface area contributed by atoms with Crippen LogP contribution in [0.4, 0.5) is 0 Å². The van der Waals surface area contributed by atoms with Crippen molar-refractivity contribution in [2.45, 2.75) is 11.4 Å². The van der Waals surface area contributed by atoms with Crippen LogP contribution >= 0.6 is 15.9 Å². The third kappa shape index (κ3) is 2.72. The molecular weight excluding hydrogens is 408 g/mol. The van der Waals surface area contributed by atoms with Crippen molar-refractivity contribution >= 4 is 37.0 Å². The monoisotopic (exact) mass is 418 g/mol. The summed E-state index contributed by atoms with van der Waals surface area (Å²) in [5.74, 6) is 0. The maximum atomic E-state index is 13.2. The molecule has 0 bridgehead atoms. The molecule has 4 rings (SSSR count). The number of fused-ring (bicyclic) bond motifs is 1. The lowest BCUT2D eigenvalue weighted by atomic mass is 10.3. The molecule has 0 saturated carbocycles. The van der Waals surface area contributed by atoms with Crippen molar-refractivity contribution in [3.8, 4) is 0 Å². The Hall–Kier alpha value is -2.59. The van der Waals surface area contributed by atoms with Gasteiger partial charge in [-0.15, -0.1) is 10.2 Å². The molecule has 0 amide bonds. The van der Waals surface area contributed by atoms with E-state index in [-0.39, 0.29) is 11.4 Å². The highest BCUT2D eigenvalue weighted by molar-refractivity contribution is 9.10. The number of hydrogen-bond acceptors (Lipinski definition) is 6. The highest BCUT2D eigenvalue weighted by Gasteiger charge is 2.25. The predicted octanol–water partition coefficient (Wildman–Crippen LogP) is 2.07. The Morgan fingerprint density at radius 1 is 1.12 bits per heavy atom. The summed E-state index contributed by atoms with van der Waals surface area (Å²) in [6.45, 7) is 0.148. The number of halogens is 1. The molecule has 0 saturated heterocycles. The first-order chi connectivity index (χ1) is 12.1. The Balaban J connectivity index is 1.99. The van der Waals surface area contributed by atoms with Gasteiger partial charge in [0.1, 0.15) is 6.54 Å². The Morgan fingerprint density at radius 2 is 1.92 bits per heavy atom. The standard InChI is InChI=1S/C15H11BrN6O2S/c16-14-6-7-17-15-13(14)8-11(9-21-19-10-18-20-21)22(15)25(23,24)12-4-2-1-3-5-12/h1-8,10H,9H2. The number of tetrazole rings is 1. The Labute approximate surface area is 151 Å². The molecule has 3 heterocycles. The molecule has 0 spiro atoms. The average Bonchev–Trinajstić information content (AvgIpc) is 3.24. The summed E-state index contributed by atoms with van der Waals surface area (Å²) in [6.07, 6.45) is 2.85. The zero-order chi connectivity index (χ0) is 17.4. The lowest BCUT2D eigenvalue weighted by molar-refractivity contribution is 0.553. The molecule has 0 fully saturated rings. The minimum absolute atomic E-state index is 0.148. The number of benzene rings is 1. The van der Waals surface area contributed by atoms with Gasteiger partial charge in [0.15, 0.2) is 12.0 Å². The van der Waals surface area contributed by atoms with Gasteiger partial charge in [-0.05, 0) is 45.4 Å². The molecule has 126 valence electrons. The Bertz CT molecular complexity index is 1140. The summed E-state index contributed by atoms with van der Waals surface area (Å²) in [7, 11) is -3.83. The SMILES string of the molecule is O=S(=O)(c1ccccc1)n1c(Cn2ncnn2)cc2c(Br)ccnc21. The van der Waals surface area contributed by atoms with Gasteiger partial charge in [-0.1, -0.05) is 18.2 Å². The highest BCUT2D eigenvalue weighted by atomic mass is 79.9. The fourth-order valence-corrected chi connectivity index (χ4v) is 4.49. The number of rotatable bonds is 4. The van der Waals surface area contributed by atoms with Crippen molar-refractivity contribution in [2.24, 2.45) is 0 Å². The van der Waals surface area contributed by atoms with Crippen LogP contribution < -0.4 is 0 Å². The molecule has 0 aliphatic heterocycles. The Morgan fingerprint density at radius 3 is 2.64 bits per heavy atom. The van der Waals surface area contributed by atoms with Crippen LogP contribution in [0.25, 0.3) is 11.0 Å². The number of hydrogen-bond donors (Lipinski definition) is 0. The van der Waals surface area contributed by atoms with Crippen molar-refractivity contribution in [1.82, 2.24) is 29.2 Å². The zero-order valence-electron chi connectivity index (χ0n) is 12.7. The number of nitrogens with zero attached hydrogens (tertiary/aromatic N) is 6. The van der Waals surface area contributed by atoms with Crippen molar-refractivity contribution in [2.75, 3.05) is 0 Å². The minimum Gasteiger partial charge on any atom is -0.237 e. The van der Waals surface area contributed by atoms with Crippen molar-refractivity contribution in [3.05, 3.63) is 65.2 Å². The van der Waals surface area contributed by atoms with Crippen LogP contribution in [0, 0.1) is 0 Å². The maximum Gasteiger partial charge on any atom is 0.269 e. The highest BCUT2D eigenvalue weighted by Crippen LogP contribution is 2.29. The van der Waals surface area contributed by atoms with Crippen LogP contribution in [-0.4, -0.2) is 37.6 Å². The van der Waals surface area contributed by atoms with E-state index < -0.39 is 10.0 Å². The van der Waals surface area contributed by atoms with Gasteiger partial charge in [-0.3, -0.25) is 0 Å². The van der Waals surface area contributed by atoms with E-state index in [1.54, 1.807) is 48.7 Å². The van der Waals surface area contributed by atoms with E-state index >= 15 is 0 Å². The van der Waals surface area contributed by atoms with Crippen molar-refractivity contribution in [1.29, 1.82) is 0 Å². The zero-order valence-corrected chi connectivity index (χ0v) is 15.1. The summed E-state index contributed by atoms with van der Waals surface area (Å²) < 4.78 is 28.4. The molecule has 10 heteroatoms. The summed E-state index contributed by atoms with van der Waals surface area (Å²) in [6, 6.07) is 11.8. The van der Waals surface area contributed by atoms with Gasteiger partial charge >= 0.3 is 0 Å². The summed E-state index contributed by atoms with van der Waals surface area (Å²) in [5, 5.41) is 12.1. The molecule has 0 N–H and O–H groups in total. The normalized spacial score (nSPS) is 11.9. The molecule has 0 aliphatic rings. The fraction of sp³-hybridized carbons (Fsp3) is 0.0667. The molecule has 0 radical (unpaired) electrons. The molecule has 1 aromatic carbocycles. The lowest BCUT2D eigenvalue weighted by Gasteiger charge is -2.11. The van der Waals surface area contributed by atoms with E-state index in [4.69, 9.17) is 0 Å². The molecular formula is C15H11BrN6O2S. The average molecular weight is 419 g/mol. The van der Waals surface area contributed by atoms with Crippen molar-refractivity contribution in [3.63, 3.8) is 0 Å². The van der Waals surface area contributed by atoms with Gasteiger partial charge in [0.2, 0.25) is 0 Å². The van der Waals surface area contributed by atoms with Gasteiger partial charge < -0.3 is 0 Å². The second kappa shape index (κ2) is 6.05.